The highest BCUT2D eigenvalue weighted by molar-refractivity contribution is 6.31. The second kappa shape index (κ2) is 7.12. The van der Waals surface area contributed by atoms with Crippen molar-refractivity contribution in [3.05, 3.63) is 34.6 Å². The third-order valence-electron chi connectivity index (χ3n) is 5.81. The number of rotatable bonds is 3. The van der Waals surface area contributed by atoms with Crippen LogP contribution in [-0.4, -0.2) is 61.1 Å². The third kappa shape index (κ3) is 3.49. The molecule has 1 saturated carbocycles. The molecule has 136 valence electrons. The van der Waals surface area contributed by atoms with Gasteiger partial charge in [0, 0.05) is 48.7 Å². The minimum absolute atomic E-state index is 0.141. The maximum Gasteiger partial charge on any atom is 0.193 e. The fourth-order valence-corrected chi connectivity index (χ4v) is 4.64. The molecule has 2 saturated heterocycles. The summed E-state index contributed by atoms with van der Waals surface area (Å²) in [5.41, 5.74) is 0.647. The maximum absolute atomic E-state index is 14.1. The Kier molecular flexibility index (Phi) is 4.87. The number of hydrogen-bond acceptors (Lipinski definition) is 2. The number of guanidine groups is 1. The van der Waals surface area contributed by atoms with E-state index < -0.39 is 0 Å². The average Bonchev–Trinajstić information content (AvgIpc) is 3.03. The predicted octanol–water partition coefficient (Wildman–Crippen LogP) is 3.08. The summed E-state index contributed by atoms with van der Waals surface area (Å²) in [6.07, 6.45) is 4.77. The quantitative estimate of drug-likeness (QED) is 0.660. The van der Waals surface area contributed by atoms with E-state index in [-0.39, 0.29) is 17.8 Å². The zero-order valence-corrected chi connectivity index (χ0v) is 15.5. The van der Waals surface area contributed by atoms with Crippen LogP contribution in [-0.2, 0) is 0 Å². The molecular formula is C19H26ClFN4. The van der Waals surface area contributed by atoms with Crippen LogP contribution < -0.4 is 5.32 Å². The topological polar surface area (TPSA) is 30.9 Å². The second-order valence-electron chi connectivity index (χ2n) is 7.41. The van der Waals surface area contributed by atoms with Crippen LogP contribution in [0.15, 0.2) is 23.2 Å². The molecule has 4 nitrogen and oxygen atoms in total. The molecule has 4 rings (SSSR count). The molecule has 3 aliphatic rings. The van der Waals surface area contributed by atoms with E-state index in [1.54, 1.807) is 12.1 Å². The van der Waals surface area contributed by atoms with Crippen LogP contribution in [0.25, 0.3) is 0 Å². The minimum atomic E-state index is -0.202. The van der Waals surface area contributed by atoms with Gasteiger partial charge in [-0.15, -0.1) is 0 Å². The van der Waals surface area contributed by atoms with E-state index in [0.717, 1.165) is 25.5 Å². The highest BCUT2D eigenvalue weighted by Crippen LogP contribution is 2.45. The van der Waals surface area contributed by atoms with E-state index in [1.807, 2.05) is 7.05 Å². The summed E-state index contributed by atoms with van der Waals surface area (Å²) in [5.74, 6) is 0.885. The van der Waals surface area contributed by atoms with Gasteiger partial charge in [-0.25, -0.2) is 4.39 Å². The van der Waals surface area contributed by atoms with Gasteiger partial charge >= 0.3 is 0 Å². The van der Waals surface area contributed by atoms with Gasteiger partial charge in [-0.3, -0.25) is 9.89 Å². The lowest BCUT2D eigenvalue weighted by atomic mass is 10.1. The Balaban J connectivity index is 1.36. The standard InChI is InChI=1S/C19H26ClFN4/c1-22-19(25-10-7-13(12-25)24-8-2-3-9-24)23-17-11-14(17)18-15(20)5-4-6-16(18)21/h4-6,13-14,17H,2-3,7-12H2,1H3,(H,22,23). The lowest BCUT2D eigenvalue weighted by Gasteiger charge is -2.25. The number of benzene rings is 1. The second-order valence-corrected chi connectivity index (χ2v) is 7.81. The fourth-order valence-electron chi connectivity index (χ4n) is 4.34. The highest BCUT2D eigenvalue weighted by atomic mass is 35.5. The summed E-state index contributed by atoms with van der Waals surface area (Å²) >= 11 is 6.21. The first-order valence-corrected chi connectivity index (χ1v) is 9.71. The lowest BCUT2D eigenvalue weighted by Crippen LogP contribution is -2.43. The summed E-state index contributed by atoms with van der Waals surface area (Å²) in [6, 6.07) is 5.79. The number of halogens is 2. The van der Waals surface area contributed by atoms with E-state index in [1.165, 1.54) is 38.4 Å². The molecule has 0 bridgehead atoms. The zero-order chi connectivity index (χ0) is 17.4. The molecule has 3 atom stereocenters. The first kappa shape index (κ1) is 17.1. The van der Waals surface area contributed by atoms with E-state index in [0.29, 0.717) is 16.6 Å². The number of nitrogens with zero attached hydrogens (tertiary/aromatic N) is 3. The third-order valence-corrected chi connectivity index (χ3v) is 6.14. The fraction of sp³-hybridized carbons (Fsp3) is 0.632. The van der Waals surface area contributed by atoms with Gasteiger partial charge in [-0.05, 0) is 50.9 Å². The number of likely N-dealkylation sites (tertiary alicyclic amines) is 2. The Morgan fingerprint density at radius 2 is 2.08 bits per heavy atom. The van der Waals surface area contributed by atoms with E-state index in [9.17, 15) is 4.39 Å². The summed E-state index contributed by atoms with van der Waals surface area (Å²) in [5, 5.41) is 4.06. The van der Waals surface area contributed by atoms with Crippen molar-refractivity contribution in [2.75, 3.05) is 33.2 Å². The Bertz CT molecular complexity index is 639. The van der Waals surface area contributed by atoms with Gasteiger partial charge in [0.15, 0.2) is 5.96 Å². The van der Waals surface area contributed by atoms with Gasteiger partial charge in [0.2, 0.25) is 0 Å². The molecule has 0 spiro atoms. The Morgan fingerprint density at radius 3 is 2.80 bits per heavy atom. The van der Waals surface area contributed by atoms with Crippen LogP contribution in [0, 0.1) is 5.82 Å². The van der Waals surface area contributed by atoms with Gasteiger partial charge < -0.3 is 10.2 Å². The first-order chi connectivity index (χ1) is 12.2. The molecule has 0 amide bonds. The van der Waals surface area contributed by atoms with Gasteiger partial charge in [-0.1, -0.05) is 17.7 Å². The van der Waals surface area contributed by atoms with Crippen molar-refractivity contribution < 1.29 is 4.39 Å². The van der Waals surface area contributed by atoms with E-state index in [2.05, 4.69) is 20.1 Å². The van der Waals surface area contributed by atoms with Crippen molar-refractivity contribution in [2.45, 2.75) is 43.7 Å². The number of aliphatic imine (C=N–C) groups is 1. The maximum atomic E-state index is 14.1. The van der Waals surface area contributed by atoms with Crippen LogP contribution in [0.2, 0.25) is 5.02 Å². The highest BCUT2D eigenvalue weighted by Gasteiger charge is 2.43. The molecule has 3 fully saturated rings. The SMILES string of the molecule is CN=C(NC1CC1c1c(F)cccc1Cl)N1CCC(N2CCCC2)C1. The smallest absolute Gasteiger partial charge is 0.193 e. The van der Waals surface area contributed by atoms with Crippen LogP contribution >= 0.6 is 11.6 Å². The molecule has 1 aromatic carbocycles. The largest absolute Gasteiger partial charge is 0.353 e. The Hall–Kier alpha value is -1.33. The summed E-state index contributed by atoms with van der Waals surface area (Å²) in [7, 11) is 1.83. The molecule has 2 heterocycles. The monoisotopic (exact) mass is 364 g/mol. The predicted molar refractivity (Wildman–Crippen MR) is 99.8 cm³/mol. The molecule has 6 heteroatoms. The molecule has 1 N–H and O–H groups in total. The van der Waals surface area contributed by atoms with Crippen LogP contribution in [0.4, 0.5) is 4.39 Å². The molecule has 1 aromatic rings. The van der Waals surface area contributed by atoms with E-state index >= 15 is 0 Å². The number of nitrogens with one attached hydrogen (secondary N) is 1. The minimum Gasteiger partial charge on any atom is -0.353 e. The molecule has 0 aromatic heterocycles. The van der Waals surface area contributed by atoms with Gasteiger partial charge in [0.25, 0.3) is 0 Å². The first-order valence-electron chi connectivity index (χ1n) is 9.33. The zero-order valence-electron chi connectivity index (χ0n) is 14.7. The Morgan fingerprint density at radius 1 is 1.28 bits per heavy atom. The molecular weight excluding hydrogens is 339 g/mol. The molecule has 0 radical (unpaired) electrons. The molecule has 3 unspecified atom stereocenters. The summed E-state index contributed by atoms with van der Waals surface area (Å²) in [6.45, 7) is 4.55. The average molecular weight is 365 g/mol. The van der Waals surface area contributed by atoms with Gasteiger partial charge in [0.05, 0.1) is 0 Å². The van der Waals surface area contributed by atoms with Crippen molar-refractivity contribution in [1.82, 2.24) is 15.1 Å². The van der Waals surface area contributed by atoms with Crippen LogP contribution in [0.3, 0.4) is 0 Å². The molecule has 2 aliphatic heterocycles. The molecule has 25 heavy (non-hydrogen) atoms. The van der Waals surface area contributed by atoms with Crippen molar-refractivity contribution in [1.29, 1.82) is 0 Å². The van der Waals surface area contributed by atoms with Crippen molar-refractivity contribution in [3.8, 4) is 0 Å². The normalized spacial score (nSPS) is 30.1. The number of hydrogen-bond donors (Lipinski definition) is 1. The van der Waals surface area contributed by atoms with Crippen LogP contribution in [0.1, 0.15) is 37.2 Å². The van der Waals surface area contributed by atoms with Crippen molar-refractivity contribution >= 4 is 17.6 Å². The van der Waals surface area contributed by atoms with Crippen LogP contribution in [0.5, 0.6) is 0 Å². The lowest BCUT2D eigenvalue weighted by molar-refractivity contribution is 0.249. The summed E-state index contributed by atoms with van der Waals surface area (Å²) < 4.78 is 14.1. The van der Waals surface area contributed by atoms with Crippen molar-refractivity contribution in [3.63, 3.8) is 0 Å². The van der Waals surface area contributed by atoms with Gasteiger partial charge in [0.1, 0.15) is 5.82 Å². The Labute approximate surface area is 154 Å². The van der Waals surface area contributed by atoms with Gasteiger partial charge in [-0.2, -0.15) is 0 Å². The summed E-state index contributed by atoms with van der Waals surface area (Å²) in [4.78, 5) is 9.44. The molecule has 1 aliphatic carbocycles. The van der Waals surface area contributed by atoms with E-state index in [4.69, 9.17) is 11.6 Å². The van der Waals surface area contributed by atoms with Crippen molar-refractivity contribution in [2.24, 2.45) is 4.99 Å².